The molecule has 2 rings (SSSR count). The normalized spacial score (nSPS) is 19.9. The lowest BCUT2D eigenvalue weighted by molar-refractivity contribution is 0.579. The number of amidine groups is 1. The van der Waals surface area contributed by atoms with Crippen LogP contribution in [-0.4, -0.2) is 48.4 Å². The average molecular weight is 314 g/mol. The third kappa shape index (κ3) is 3.06. The van der Waals surface area contributed by atoms with E-state index in [1.165, 1.54) is 6.20 Å². The monoisotopic (exact) mass is 314 g/mol. The van der Waals surface area contributed by atoms with Crippen molar-refractivity contribution in [3.8, 4) is 0 Å². The molecule has 1 unspecified atom stereocenters. The first kappa shape index (κ1) is 15.1. The number of nitrogens with one attached hydrogen (secondary N) is 1. The summed E-state index contributed by atoms with van der Waals surface area (Å²) in [5.74, 6) is 2.15. The van der Waals surface area contributed by atoms with Gasteiger partial charge in [0.05, 0.1) is 0 Å². The summed E-state index contributed by atoms with van der Waals surface area (Å²) >= 11 is 1.65. The van der Waals surface area contributed by atoms with Crippen LogP contribution in [0.1, 0.15) is 12.5 Å². The van der Waals surface area contributed by atoms with Crippen LogP contribution in [0, 0.1) is 5.41 Å². The summed E-state index contributed by atoms with van der Waals surface area (Å²) in [6, 6.07) is 3.42. The van der Waals surface area contributed by atoms with E-state index in [0.717, 1.165) is 5.75 Å². The smallest absolute Gasteiger partial charge is 0.171 e. The van der Waals surface area contributed by atoms with Crippen LogP contribution in [0.15, 0.2) is 18.3 Å². The summed E-state index contributed by atoms with van der Waals surface area (Å²) in [4.78, 5) is 6.09. The molecule has 0 aliphatic carbocycles. The maximum atomic E-state index is 12.2. The quantitative estimate of drug-likeness (QED) is 0.626. The van der Waals surface area contributed by atoms with Crippen LogP contribution in [0.2, 0.25) is 0 Å². The summed E-state index contributed by atoms with van der Waals surface area (Å²) < 4.78 is 24.4. The molecule has 2 heterocycles. The van der Waals surface area contributed by atoms with Crippen molar-refractivity contribution in [2.24, 2.45) is 5.73 Å². The molecular weight excluding hydrogens is 296 g/mol. The highest BCUT2D eigenvalue weighted by Gasteiger charge is 2.33. The van der Waals surface area contributed by atoms with Gasteiger partial charge in [0.25, 0.3) is 0 Å². The molecule has 1 aromatic heterocycles. The van der Waals surface area contributed by atoms with Gasteiger partial charge in [0.2, 0.25) is 0 Å². The molecule has 0 spiro atoms. The van der Waals surface area contributed by atoms with Gasteiger partial charge in [0.15, 0.2) is 9.84 Å². The minimum Gasteiger partial charge on any atom is -0.384 e. The number of sulfone groups is 1. The topological polar surface area (TPSA) is 100 Å². The summed E-state index contributed by atoms with van der Waals surface area (Å²) in [6.45, 7) is 2.32. The zero-order valence-corrected chi connectivity index (χ0v) is 12.9. The number of thioether (sulfide) groups is 1. The van der Waals surface area contributed by atoms with Crippen molar-refractivity contribution in [2.45, 2.75) is 12.3 Å². The number of anilines is 1. The summed E-state index contributed by atoms with van der Waals surface area (Å²) in [5, 5.41) is 6.82. The number of nitrogen functional groups attached to an aromatic ring is 1. The number of nitrogens with zero attached hydrogens (tertiary/aromatic N) is 2. The summed E-state index contributed by atoms with van der Waals surface area (Å²) in [7, 11) is -3.15. The van der Waals surface area contributed by atoms with E-state index in [9.17, 15) is 8.42 Å². The fourth-order valence-electron chi connectivity index (χ4n) is 2.05. The Hall–Kier alpha value is -1.28. The SMILES string of the molecule is CCS(=O)(=O)C1CSCCN1c1ccc(C(=N)N)cn1. The van der Waals surface area contributed by atoms with Crippen molar-refractivity contribution < 1.29 is 8.42 Å². The maximum Gasteiger partial charge on any atom is 0.171 e. The molecule has 110 valence electrons. The predicted molar refractivity (Wildman–Crippen MR) is 83.2 cm³/mol. The predicted octanol–water partition coefficient (Wildman–Crippen LogP) is 0.680. The van der Waals surface area contributed by atoms with Gasteiger partial charge >= 0.3 is 0 Å². The van der Waals surface area contributed by atoms with Gasteiger partial charge in [-0.2, -0.15) is 11.8 Å². The Morgan fingerprint density at radius 2 is 2.35 bits per heavy atom. The van der Waals surface area contributed by atoms with Crippen molar-refractivity contribution >= 4 is 33.3 Å². The third-order valence-electron chi connectivity index (χ3n) is 3.25. The standard InChI is InChI=1S/C12H18N4O2S2/c1-2-20(17,18)11-8-19-6-5-16(11)10-4-3-9(7-15-10)12(13)14/h3-4,7,11H,2,5-6,8H2,1H3,(H3,13,14). The first-order valence-corrected chi connectivity index (χ1v) is 9.19. The van der Waals surface area contributed by atoms with Gasteiger partial charge in [-0.3, -0.25) is 5.41 Å². The van der Waals surface area contributed by atoms with Crippen molar-refractivity contribution in [3.63, 3.8) is 0 Å². The Labute approximate surface area is 123 Å². The molecule has 8 heteroatoms. The van der Waals surface area contributed by atoms with E-state index in [-0.39, 0.29) is 11.6 Å². The lowest BCUT2D eigenvalue weighted by atomic mass is 10.2. The van der Waals surface area contributed by atoms with E-state index in [4.69, 9.17) is 11.1 Å². The number of rotatable bonds is 4. The Morgan fingerprint density at radius 3 is 2.90 bits per heavy atom. The second kappa shape index (κ2) is 6.01. The third-order valence-corrected chi connectivity index (χ3v) is 6.54. The van der Waals surface area contributed by atoms with Crippen LogP contribution >= 0.6 is 11.8 Å². The summed E-state index contributed by atoms with van der Waals surface area (Å²) in [5.41, 5.74) is 5.93. The number of hydrogen-bond donors (Lipinski definition) is 2. The van der Waals surface area contributed by atoms with Gasteiger partial charge in [-0.15, -0.1) is 0 Å². The average Bonchev–Trinajstić information content (AvgIpc) is 2.47. The molecule has 1 saturated heterocycles. The van der Waals surface area contributed by atoms with Gasteiger partial charge in [-0.25, -0.2) is 13.4 Å². The highest BCUT2D eigenvalue weighted by Crippen LogP contribution is 2.26. The maximum absolute atomic E-state index is 12.2. The van der Waals surface area contributed by atoms with Gasteiger partial charge in [0.1, 0.15) is 17.0 Å². The van der Waals surface area contributed by atoms with E-state index in [0.29, 0.717) is 23.7 Å². The van der Waals surface area contributed by atoms with E-state index in [1.807, 2.05) is 4.90 Å². The van der Waals surface area contributed by atoms with Crippen LogP contribution < -0.4 is 10.6 Å². The van der Waals surface area contributed by atoms with Crippen molar-refractivity contribution in [2.75, 3.05) is 28.7 Å². The molecule has 0 amide bonds. The zero-order chi connectivity index (χ0) is 14.8. The number of hydrogen-bond acceptors (Lipinski definition) is 6. The minimum atomic E-state index is -3.15. The van der Waals surface area contributed by atoms with Gasteiger partial charge in [0, 0.05) is 35.6 Å². The second-order valence-electron chi connectivity index (χ2n) is 4.49. The molecule has 6 nitrogen and oxygen atoms in total. The molecule has 1 aliphatic heterocycles. The molecule has 0 radical (unpaired) electrons. The fourth-order valence-corrected chi connectivity index (χ4v) is 5.03. The molecule has 1 fully saturated rings. The number of pyridine rings is 1. The van der Waals surface area contributed by atoms with Crippen LogP contribution in [0.25, 0.3) is 0 Å². The molecule has 0 saturated carbocycles. The number of nitrogens with two attached hydrogens (primary N) is 1. The highest BCUT2D eigenvalue weighted by molar-refractivity contribution is 8.01. The van der Waals surface area contributed by atoms with Gasteiger partial charge < -0.3 is 10.6 Å². The largest absolute Gasteiger partial charge is 0.384 e. The molecule has 0 bridgehead atoms. The van der Waals surface area contributed by atoms with E-state index in [2.05, 4.69) is 4.98 Å². The van der Waals surface area contributed by atoms with Crippen LogP contribution in [0.4, 0.5) is 5.82 Å². The Balaban J connectivity index is 2.30. The first-order valence-electron chi connectivity index (χ1n) is 6.32. The molecule has 1 aliphatic rings. The van der Waals surface area contributed by atoms with Gasteiger partial charge in [-0.1, -0.05) is 6.92 Å². The first-order chi connectivity index (χ1) is 9.45. The fraction of sp³-hybridized carbons (Fsp3) is 0.500. The lowest BCUT2D eigenvalue weighted by Crippen LogP contribution is -2.48. The van der Waals surface area contributed by atoms with E-state index < -0.39 is 15.2 Å². The molecule has 3 N–H and O–H groups in total. The molecule has 1 atom stereocenters. The minimum absolute atomic E-state index is 0.0454. The molecule has 1 aromatic rings. The summed E-state index contributed by atoms with van der Waals surface area (Å²) in [6.07, 6.45) is 1.51. The van der Waals surface area contributed by atoms with Crippen molar-refractivity contribution in [3.05, 3.63) is 23.9 Å². The highest BCUT2D eigenvalue weighted by atomic mass is 32.2. The zero-order valence-electron chi connectivity index (χ0n) is 11.2. The van der Waals surface area contributed by atoms with Crippen molar-refractivity contribution in [1.29, 1.82) is 5.41 Å². The Morgan fingerprint density at radius 1 is 1.60 bits per heavy atom. The number of aromatic nitrogens is 1. The van der Waals surface area contributed by atoms with Crippen LogP contribution in [-0.2, 0) is 9.84 Å². The molecule has 0 aromatic carbocycles. The van der Waals surface area contributed by atoms with Crippen LogP contribution in [0.3, 0.4) is 0 Å². The van der Waals surface area contributed by atoms with Gasteiger partial charge in [-0.05, 0) is 12.1 Å². The second-order valence-corrected chi connectivity index (χ2v) is 8.09. The molecule has 20 heavy (non-hydrogen) atoms. The van der Waals surface area contributed by atoms with E-state index >= 15 is 0 Å². The lowest BCUT2D eigenvalue weighted by Gasteiger charge is -2.35. The Kier molecular flexibility index (Phi) is 4.54. The van der Waals surface area contributed by atoms with E-state index in [1.54, 1.807) is 30.8 Å². The Bertz CT molecular complexity index is 586. The van der Waals surface area contributed by atoms with Crippen LogP contribution in [0.5, 0.6) is 0 Å². The molecular formula is C12H18N4O2S2. The van der Waals surface area contributed by atoms with Crippen molar-refractivity contribution in [1.82, 2.24) is 4.98 Å².